The quantitative estimate of drug-likeness (QED) is 0.813. The maximum absolute atomic E-state index is 5.68. The van der Waals surface area contributed by atoms with Crippen molar-refractivity contribution in [2.75, 3.05) is 6.54 Å². The van der Waals surface area contributed by atoms with Crippen LogP contribution in [0.4, 0.5) is 0 Å². The van der Waals surface area contributed by atoms with Gasteiger partial charge in [-0.25, -0.2) is 4.68 Å². The fraction of sp³-hybridized carbons (Fsp3) is 0.818. The molecule has 3 rings (SSSR count). The molecule has 0 aliphatic heterocycles. The van der Waals surface area contributed by atoms with E-state index in [1.54, 1.807) is 0 Å². The summed E-state index contributed by atoms with van der Waals surface area (Å²) in [7, 11) is 0. The summed E-state index contributed by atoms with van der Waals surface area (Å²) in [5.41, 5.74) is 8.33. The highest BCUT2D eigenvalue weighted by Crippen LogP contribution is 2.40. The van der Waals surface area contributed by atoms with Crippen LogP contribution in [0, 0.1) is 0 Å². The fourth-order valence-electron chi connectivity index (χ4n) is 2.66. The van der Waals surface area contributed by atoms with Crippen molar-refractivity contribution in [3.8, 4) is 0 Å². The zero-order chi connectivity index (χ0) is 10.3. The highest BCUT2D eigenvalue weighted by molar-refractivity contribution is 5.20. The van der Waals surface area contributed by atoms with Crippen molar-refractivity contribution >= 4 is 0 Å². The third kappa shape index (κ3) is 1.57. The molecule has 1 aromatic rings. The summed E-state index contributed by atoms with van der Waals surface area (Å²) in [4.78, 5) is 0. The maximum Gasteiger partial charge on any atom is 0.0862 e. The lowest BCUT2D eigenvalue weighted by atomic mass is 9.87. The predicted molar refractivity (Wildman–Crippen MR) is 57.6 cm³/mol. The molecule has 1 heterocycles. The molecule has 1 unspecified atom stereocenters. The standard InChI is InChI=1S/C11H18N4/c12-7-6-8-2-1-3-10-11(8)15(14-13-10)9-4-5-9/h8-9H,1-7,12H2. The normalized spacial score (nSPS) is 25.3. The minimum atomic E-state index is 0.620. The number of hydrogen-bond acceptors (Lipinski definition) is 3. The van der Waals surface area contributed by atoms with Gasteiger partial charge in [-0.3, -0.25) is 0 Å². The van der Waals surface area contributed by atoms with Crippen molar-refractivity contribution < 1.29 is 0 Å². The number of nitrogens with zero attached hydrogens (tertiary/aromatic N) is 3. The second kappa shape index (κ2) is 3.59. The lowest BCUT2D eigenvalue weighted by Gasteiger charge is -2.22. The molecule has 1 aromatic heterocycles. The number of nitrogens with two attached hydrogens (primary N) is 1. The van der Waals surface area contributed by atoms with Crippen molar-refractivity contribution in [3.05, 3.63) is 11.4 Å². The van der Waals surface area contributed by atoms with E-state index in [-0.39, 0.29) is 0 Å². The van der Waals surface area contributed by atoms with E-state index in [1.165, 1.54) is 37.1 Å². The van der Waals surface area contributed by atoms with Crippen molar-refractivity contribution in [2.45, 2.75) is 50.5 Å². The Bertz CT molecular complexity index is 353. The van der Waals surface area contributed by atoms with Gasteiger partial charge in [-0.05, 0) is 45.1 Å². The second-order valence-electron chi connectivity index (χ2n) is 4.76. The molecule has 2 aliphatic carbocycles. The van der Waals surface area contributed by atoms with E-state index in [9.17, 15) is 0 Å². The van der Waals surface area contributed by atoms with Crippen molar-refractivity contribution in [1.82, 2.24) is 15.0 Å². The van der Waals surface area contributed by atoms with E-state index in [1.807, 2.05) is 0 Å². The van der Waals surface area contributed by atoms with Gasteiger partial charge in [-0.1, -0.05) is 5.21 Å². The van der Waals surface area contributed by atoms with E-state index < -0.39 is 0 Å². The monoisotopic (exact) mass is 206 g/mol. The summed E-state index contributed by atoms with van der Waals surface area (Å²) >= 11 is 0. The first kappa shape index (κ1) is 9.33. The average Bonchev–Trinajstić information content (AvgIpc) is 3.00. The molecule has 2 N–H and O–H groups in total. The van der Waals surface area contributed by atoms with Gasteiger partial charge in [0, 0.05) is 5.92 Å². The number of rotatable bonds is 3. The van der Waals surface area contributed by atoms with Gasteiger partial charge in [0.25, 0.3) is 0 Å². The number of aryl methyl sites for hydroxylation is 1. The number of aromatic nitrogens is 3. The van der Waals surface area contributed by atoms with Gasteiger partial charge >= 0.3 is 0 Å². The van der Waals surface area contributed by atoms with E-state index in [4.69, 9.17) is 5.73 Å². The fourth-order valence-corrected chi connectivity index (χ4v) is 2.66. The maximum atomic E-state index is 5.68. The van der Waals surface area contributed by atoms with Crippen LogP contribution in [0.5, 0.6) is 0 Å². The Morgan fingerprint density at radius 2 is 2.20 bits per heavy atom. The van der Waals surface area contributed by atoms with E-state index in [0.29, 0.717) is 12.0 Å². The first-order valence-electron chi connectivity index (χ1n) is 6.04. The predicted octanol–water partition coefficient (Wildman–Crippen LogP) is 1.38. The van der Waals surface area contributed by atoms with E-state index >= 15 is 0 Å². The molecule has 4 nitrogen and oxygen atoms in total. The van der Waals surface area contributed by atoms with Gasteiger partial charge < -0.3 is 5.73 Å². The lowest BCUT2D eigenvalue weighted by molar-refractivity contribution is 0.472. The summed E-state index contributed by atoms with van der Waals surface area (Å²) in [6.45, 7) is 0.778. The summed E-state index contributed by atoms with van der Waals surface area (Å²) in [6, 6.07) is 0.652. The molecule has 0 bridgehead atoms. The molecule has 0 saturated heterocycles. The second-order valence-corrected chi connectivity index (χ2v) is 4.76. The molecule has 82 valence electrons. The van der Waals surface area contributed by atoms with Crippen LogP contribution in [0.1, 0.15) is 55.5 Å². The van der Waals surface area contributed by atoms with Crippen LogP contribution in [-0.4, -0.2) is 21.5 Å². The molecule has 1 atom stereocenters. The molecule has 1 fully saturated rings. The topological polar surface area (TPSA) is 56.7 Å². The van der Waals surface area contributed by atoms with Crippen molar-refractivity contribution in [1.29, 1.82) is 0 Å². The molecule has 0 aromatic carbocycles. The Labute approximate surface area is 89.8 Å². The van der Waals surface area contributed by atoms with E-state index in [0.717, 1.165) is 19.4 Å². The highest BCUT2D eigenvalue weighted by atomic mass is 15.5. The van der Waals surface area contributed by atoms with Gasteiger partial charge in [0.15, 0.2) is 0 Å². The third-order valence-corrected chi connectivity index (χ3v) is 3.57. The first-order valence-corrected chi connectivity index (χ1v) is 6.04. The summed E-state index contributed by atoms with van der Waals surface area (Å²) in [5, 5.41) is 8.64. The largest absolute Gasteiger partial charge is 0.330 e. The van der Waals surface area contributed by atoms with Gasteiger partial charge in [0.2, 0.25) is 0 Å². The van der Waals surface area contributed by atoms with Gasteiger partial charge in [0.1, 0.15) is 0 Å². The van der Waals surface area contributed by atoms with Crippen LogP contribution >= 0.6 is 0 Å². The van der Waals surface area contributed by atoms with Crippen LogP contribution in [0.25, 0.3) is 0 Å². The van der Waals surface area contributed by atoms with Gasteiger partial charge in [-0.15, -0.1) is 5.10 Å². The molecule has 0 amide bonds. The van der Waals surface area contributed by atoms with Crippen LogP contribution in [0.15, 0.2) is 0 Å². The zero-order valence-corrected chi connectivity index (χ0v) is 9.02. The molecule has 4 heteroatoms. The third-order valence-electron chi connectivity index (χ3n) is 3.57. The first-order chi connectivity index (χ1) is 7.40. The zero-order valence-electron chi connectivity index (χ0n) is 9.02. The summed E-state index contributed by atoms with van der Waals surface area (Å²) in [6.07, 6.45) is 7.29. The Morgan fingerprint density at radius 1 is 1.33 bits per heavy atom. The Kier molecular flexibility index (Phi) is 2.24. The van der Waals surface area contributed by atoms with Crippen molar-refractivity contribution in [3.63, 3.8) is 0 Å². The summed E-state index contributed by atoms with van der Waals surface area (Å²) in [5.74, 6) is 0.620. The number of fused-ring (bicyclic) bond motifs is 1. The lowest BCUT2D eigenvalue weighted by Crippen LogP contribution is -2.17. The van der Waals surface area contributed by atoms with Gasteiger partial charge in [0.05, 0.1) is 17.4 Å². The molecule has 15 heavy (non-hydrogen) atoms. The Morgan fingerprint density at radius 3 is 2.93 bits per heavy atom. The minimum absolute atomic E-state index is 0.620. The SMILES string of the molecule is NCCC1CCCc2nnn(C3CC3)c21. The van der Waals surface area contributed by atoms with Crippen LogP contribution in [0.3, 0.4) is 0 Å². The molecular formula is C11H18N4. The molecule has 0 radical (unpaired) electrons. The van der Waals surface area contributed by atoms with Gasteiger partial charge in [-0.2, -0.15) is 0 Å². The Hall–Kier alpha value is -0.900. The highest BCUT2D eigenvalue weighted by Gasteiger charge is 2.33. The van der Waals surface area contributed by atoms with Crippen LogP contribution < -0.4 is 5.73 Å². The van der Waals surface area contributed by atoms with Crippen molar-refractivity contribution in [2.24, 2.45) is 5.73 Å². The molecular weight excluding hydrogens is 188 g/mol. The molecule has 2 aliphatic rings. The summed E-state index contributed by atoms with van der Waals surface area (Å²) < 4.78 is 2.19. The Balaban J connectivity index is 1.95. The molecule has 1 saturated carbocycles. The minimum Gasteiger partial charge on any atom is -0.330 e. The smallest absolute Gasteiger partial charge is 0.0862 e. The molecule has 0 spiro atoms. The van der Waals surface area contributed by atoms with Crippen LogP contribution in [-0.2, 0) is 6.42 Å². The average molecular weight is 206 g/mol. The number of hydrogen-bond donors (Lipinski definition) is 1. The van der Waals surface area contributed by atoms with Crippen LogP contribution in [0.2, 0.25) is 0 Å². The van der Waals surface area contributed by atoms with E-state index in [2.05, 4.69) is 15.0 Å².